The highest BCUT2D eigenvalue weighted by Gasteiger charge is 2.31. The molecule has 1 N–H and O–H groups in total. The van der Waals surface area contributed by atoms with E-state index in [4.69, 9.17) is 0 Å². The third-order valence-electron chi connectivity index (χ3n) is 4.70. The summed E-state index contributed by atoms with van der Waals surface area (Å²) >= 11 is 1.57. The van der Waals surface area contributed by atoms with Crippen molar-refractivity contribution in [2.75, 3.05) is 0 Å². The highest BCUT2D eigenvalue weighted by atomic mass is 32.2. The molecule has 1 saturated carbocycles. The lowest BCUT2D eigenvalue weighted by atomic mass is 9.80. The number of aryl methyl sites for hydroxylation is 1. The Morgan fingerprint density at radius 3 is 2.43 bits per heavy atom. The maximum absolute atomic E-state index is 12.6. The lowest BCUT2D eigenvalue weighted by Crippen LogP contribution is -2.44. The van der Waals surface area contributed by atoms with E-state index in [-0.39, 0.29) is 16.8 Å². The lowest BCUT2D eigenvalue weighted by Gasteiger charge is -2.38. The maximum atomic E-state index is 12.6. The van der Waals surface area contributed by atoms with Crippen LogP contribution in [-0.2, 0) is 13.1 Å². The number of fused-ring (bicyclic) bond motifs is 1. The van der Waals surface area contributed by atoms with Gasteiger partial charge in [0, 0.05) is 23.5 Å². The topological polar surface area (TPSA) is 56.0 Å². The lowest BCUT2D eigenvalue weighted by molar-refractivity contribution is 0.255. The van der Waals surface area contributed by atoms with Crippen molar-refractivity contribution in [3.63, 3.8) is 0 Å². The molecule has 5 nitrogen and oxygen atoms in total. The molecular formula is C17H23N3O2S. The summed E-state index contributed by atoms with van der Waals surface area (Å²) in [6.07, 6.45) is 3.64. The molecule has 1 aromatic carbocycles. The van der Waals surface area contributed by atoms with E-state index < -0.39 is 0 Å². The molecule has 1 fully saturated rings. The van der Waals surface area contributed by atoms with Crippen LogP contribution in [0.3, 0.4) is 0 Å². The molecule has 0 unspecified atom stereocenters. The average Bonchev–Trinajstić information content (AvgIpc) is 2.52. The molecule has 0 saturated heterocycles. The third kappa shape index (κ3) is 2.85. The zero-order valence-electron chi connectivity index (χ0n) is 13.9. The summed E-state index contributed by atoms with van der Waals surface area (Å²) in [5.74, 6) is 0. The van der Waals surface area contributed by atoms with Crippen molar-refractivity contribution in [3.05, 3.63) is 39.0 Å². The molecule has 23 heavy (non-hydrogen) atoms. The van der Waals surface area contributed by atoms with Crippen LogP contribution >= 0.6 is 11.9 Å². The fourth-order valence-electron chi connectivity index (χ4n) is 3.04. The number of nitrogens with one attached hydrogen (secondary N) is 1. The van der Waals surface area contributed by atoms with Crippen molar-refractivity contribution >= 4 is 22.9 Å². The molecule has 1 aliphatic rings. The molecule has 0 amide bonds. The van der Waals surface area contributed by atoms with Crippen LogP contribution in [0.1, 0.15) is 40.0 Å². The first-order valence-electron chi connectivity index (χ1n) is 8.20. The number of aromatic nitrogens is 2. The zero-order valence-corrected chi connectivity index (χ0v) is 14.7. The predicted octanol–water partition coefficient (Wildman–Crippen LogP) is 2.74. The van der Waals surface area contributed by atoms with Gasteiger partial charge in [0.15, 0.2) is 0 Å². The molecule has 3 rings (SSSR count). The van der Waals surface area contributed by atoms with Gasteiger partial charge in [-0.2, -0.15) is 0 Å². The van der Waals surface area contributed by atoms with E-state index in [0.717, 1.165) is 4.90 Å². The molecule has 1 heterocycles. The van der Waals surface area contributed by atoms with Crippen LogP contribution in [-0.4, -0.2) is 14.7 Å². The van der Waals surface area contributed by atoms with Gasteiger partial charge in [-0.25, -0.2) is 4.79 Å². The van der Waals surface area contributed by atoms with E-state index in [9.17, 15) is 9.59 Å². The van der Waals surface area contributed by atoms with Crippen molar-refractivity contribution in [1.29, 1.82) is 0 Å². The minimum atomic E-state index is -0.229. The van der Waals surface area contributed by atoms with Gasteiger partial charge < -0.3 is 0 Å². The number of benzene rings is 1. The monoisotopic (exact) mass is 333 g/mol. The summed E-state index contributed by atoms with van der Waals surface area (Å²) in [6, 6.07) is 5.76. The summed E-state index contributed by atoms with van der Waals surface area (Å²) in [4.78, 5) is 26.0. The van der Waals surface area contributed by atoms with Crippen molar-refractivity contribution in [3.8, 4) is 0 Å². The highest BCUT2D eigenvalue weighted by Crippen LogP contribution is 2.34. The SMILES string of the molecule is CCn1c(=O)c2cc(SNC3(C)CCC3)ccc2n(CC)c1=O. The Morgan fingerprint density at radius 1 is 1.17 bits per heavy atom. The van der Waals surface area contributed by atoms with E-state index in [1.807, 2.05) is 32.0 Å². The van der Waals surface area contributed by atoms with Gasteiger partial charge in [-0.1, -0.05) is 0 Å². The van der Waals surface area contributed by atoms with Crippen LogP contribution in [0.15, 0.2) is 32.7 Å². The molecule has 6 heteroatoms. The molecule has 1 aromatic heterocycles. The normalized spacial score (nSPS) is 16.5. The Hall–Kier alpha value is -1.53. The summed E-state index contributed by atoms with van der Waals surface area (Å²) in [6.45, 7) is 6.92. The Morgan fingerprint density at radius 2 is 1.87 bits per heavy atom. The average molecular weight is 333 g/mol. The molecule has 1 aliphatic carbocycles. The van der Waals surface area contributed by atoms with Gasteiger partial charge in [-0.05, 0) is 70.2 Å². The fraction of sp³-hybridized carbons (Fsp3) is 0.529. The Balaban J connectivity index is 2.04. The van der Waals surface area contributed by atoms with Crippen LogP contribution in [0, 0.1) is 0 Å². The minimum absolute atomic E-state index is 0.200. The molecule has 0 atom stereocenters. The van der Waals surface area contributed by atoms with Crippen LogP contribution in [0.2, 0.25) is 0 Å². The number of nitrogens with zero attached hydrogens (tertiary/aromatic N) is 2. The van der Waals surface area contributed by atoms with Gasteiger partial charge in [0.25, 0.3) is 5.56 Å². The Bertz CT molecular complexity index is 849. The van der Waals surface area contributed by atoms with Gasteiger partial charge >= 0.3 is 5.69 Å². The van der Waals surface area contributed by atoms with Gasteiger partial charge in [-0.3, -0.25) is 18.7 Å². The first kappa shape index (κ1) is 16.3. The van der Waals surface area contributed by atoms with Crippen molar-refractivity contribution in [2.45, 2.75) is 63.6 Å². The summed E-state index contributed by atoms with van der Waals surface area (Å²) in [7, 11) is 0. The van der Waals surface area contributed by atoms with E-state index in [1.165, 1.54) is 23.8 Å². The third-order valence-corrected chi connectivity index (χ3v) is 5.79. The molecule has 0 bridgehead atoms. The second-order valence-corrected chi connectivity index (χ2v) is 7.25. The van der Waals surface area contributed by atoms with E-state index >= 15 is 0 Å². The van der Waals surface area contributed by atoms with E-state index in [1.54, 1.807) is 16.5 Å². The van der Waals surface area contributed by atoms with Gasteiger partial charge in [0.2, 0.25) is 0 Å². The predicted molar refractivity (Wildman–Crippen MR) is 95.1 cm³/mol. The van der Waals surface area contributed by atoms with Crippen LogP contribution in [0.5, 0.6) is 0 Å². The second-order valence-electron chi connectivity index (χ2n) is 6.37. The van der Waals surface area contributed by atoms with Gasteiger partial charge in [0.1, 0.15) is 0 Å². The molecule has 2 aromatic rings. The maximum Gasteiger partial charge on any atom is 0.331 e. The molecular weight excluding hydrogens is 310 g/mol. The number of rotatable bonds is 5. The zero-order chi connectivity index (χ0) is 16.6. The van der Waals surface area contributed by atoms with Crippen molar-refractivity contribution in [1.82, 2.24) is 13.9 Å². The summed E-state index contributed by atoms with van der Waals surface area (Å²) in [5.41, 5.74) is 0.486. The quantitative estimate of drug-likeness (QED) is 0.855. The Kier molecular flexibility index (Phi) is 4.38. The first-order valence-corrected chi connectivity index (χ1v) is 9.02. The highest BCUT2D eigenvalue weighted by molar-refractivity contribution is 7.97. The van der Waals surface area contributed by atoms with Crippen LogP contribution < -0.4 is 16.0 Å². The Labute approximate surface area is 139 Å². The van der Waals surface area contributed by atoms with Gasteiger partial charge in [-0.15, -0.1) is 0 Å². The van der Waals surface area contributed by atoms with Crippen LogP contribution in [0.4, 0.5) is 0 Å². The van der Waals surface area contributed by atoms with E-state index in [0.29, 0.717) is 24.0 Å². The fourth-order valence-corrected chi connectivity index (χ4v) is 3.92. The van der Waals surface area contributed by atoms with Gasteiger partial charge in [0.05, 0.1) is 10.9 Å². The van der Waals surface area contributed by atoms with Crippen molar-refractivity contribution in [2.24, 2.45) is 0 Å². The number of hydrogen-bond donors (Lipinski definition) is 1. The second kappa shape index (κ2) is 6.17. The van der Waals surface area contributed by atoms with Crippen LogP contribution in [0.25, 0.3) is 10.9 Å². The molecule has 0 aliphatic heterocycles. The molecule has 124 valence electrons. The smallest absolute Gasteiger partial charge is 0.293 e. The summed E-state index contributed by atoms with van der Waals surface area (Å²) < 4.78 is 6.47. The standard InChI is InChI=1S/C17H23N3O2S/c1-4-19-14-8-7-12(23-18-17(3)9-6-10-17)11-13(14)15(21)20(5-2)16(19)22/h7-8,11,18H,4-6,9-10H2,1-3H3. The molecule has 0 spiro atoms. The first-order chi connectivity index (χ1) is 11.0. The molecule has 0 radical (unpaired) electrons. The number of hydrogen-bond acceptors (Lipinski definition) is 4. The largest absolute Gasteiger partial charge is 0.331 e. The van der Waals surface area contributed by atoms with Crippen molar-refractivity contribution < 1.29 is 0 Å². The van der Waals surface area contributed by atoms with E-state index in [2.05, 4.69) is 11.6 Å². The summed E-state index contributed by atoms with van der Waals surface area (Å²) in [5, 5.41) is 0.610. The minimum Gasteiger partial charge on any atom is -0.293 e.